The highest BCUT2D eigenvalue weighted by Crippen LogP contribution is 2.24. The van der Waals surface area contributed by atoms with E-state index in [9.17, 15) is 4.39 Å². The van der Waals surface area contributed by atoms with Crippen LogP contribution < -0.4 is 11.3 Å². The first-order valence-electron chi connectivity index (χ1n) is 5.64. The van der Waals surface area contributed by atoms with Crippen molar-refractivity contribution in [1.29, 1.82) is 0 Å². The maximum absolute atomic E-state index is 13.0. The van der Waals surface area contributed by atoms with Crippen LogP contribution in [0.2, 0.25) is 0 Å². The van der Waals surface area contributed by atoms with Crippen molar-refractivity contribution < 1.29 is 13.9 Å². The van der Waals surface area contributed by atoms with E-state index in [2.05, 4.69) is 5.43 Å². The number of halogens is 1. The Morgan fingerprint density at radius 2 is 2.29 bits per heavy atom. The average Bonchev–Trinajstić information content (AvgIpc) is 2.34. The first-order chi connectivity index (χ1) is 8.22. The fourth-order valence-electron chi connectivity index (χ4n) is 2.08. The minimum absolute atomic E-state index is 0.141. The van der Waals surface area contributed by atoms with Crippen LogP contribution in [0.25, 0.3) is 0 Å². The highest BCUT2D eigenvalue weighted by Gasteiger charge is 2.26. The van der Waals surface area contributed by atoms with Crippen LogP contribution in [0.3, 0.4) is 0 Å². The molecule has 2 unspecified atom stereocenters. The molecule has 0 bridgehead atoms. The monoisotopic (exact) mass is 240 g/mol. The number of rotatable bonds is 3. The number of nitrogens with one attached hydrogen (secondary N) is 1. The second-order valence-corrected chi connectivity index (χ2v) is 4.13. The second kappa shape index (κ2) is 5.55. The van der Waals surface area contributed by atoms with E-state index in [1.807, 2.05) is 6.92 Å². The molecule has 0 radical (unpaired) electrons. The van der Waals surface area contributed by atoms with Gasteiger partial charge in [-0.1, -0.05) is 6.07 Å². The average molecular weight is 240 g/mol. The van der Waals surface area contributed by atoms with Gasteiger partial charge in [0.05, 0.1) is 25.9 Å². The molecule has 2 rings (SSSR count). The van der Waals surface area contributed by atoms with Gasteiger partial charge >= 0.3 is 0 Å². The van der Waals surface area contributed by atoms with Gasteiger partial charge in [0, 0.05) is 0 Å². The highest BCUT2D eigenvalue weighted by atomic mass is 19.1. The molecule has 0 amide bonds. The van der Waals surface area contributed by atoms with Gasteiger partial charge in [-0.2, -0.15) is 0 Å². The van der Waals surface area contributed by atoms with Gasteiger partial charge in [-0.3, -0.25) is 11.3 Å². The van der Waals surface area contributed by atoms with Gasteiger partial charge in [-0.15, -0.1) is 0 Å². The molecule has 4 nitrogen and oxygen atoms in total. The Hall–Kier alpha value is -1.01. The third kappa shape index (κ3) is 2.81. The van der Waals surface area contributed by atoms with Crippen molar-refractivity contribution in [3.63, 3.8) is 0 Å². The van der Waals surface area contributed by atoms with E-state index in [1.165, 1.54) is 12.1 Å². The van der Waals surface area contributed by atoms with Gasteiger partial charge in [0.25, 0.3) is 0 Å². The first kappa shape index (κ1) is 12.4. The van der Waals surface area contributed by atoms with Gasteiger partial charge in [-0.05, 0) is 30.2 Å². The lowest BCUT2D eigenvalue weighted by atomic mass is 9.97. The molecule has 2 atom stereocenters. The van der Waals surface area contributed by atoms with E-state index < -0.39 is 0 Å². The van der Waals surface area contributed by atoms with Gasteiger partial charge < -0.3 is 9.47 Å². The Kier molecular flexibility index (Phi) is 4.06. The fraction of sp³-hybridized carbons (Fsp3) is 0.500. The molecule has 1 saturated heterocycles. The quantitative estimate of drug-likeness (QED) is 0.612. The van der Waals surface area contributed by atoms with Crippen molar-refractivity contribution in [2.24, 2.45) is 5.84 Å². The minimum Gasteiger partial charge on any atom is -0.376 e. The first-order valence-corrected chi connectivity index (χ1v) is 5.64. The SMILES string of the molecule is Cc1cc(F)ccc1C(NN)C1COCCO1. The van der Waals surface area contributed by atoms with Crippen molar-refractivity contribution in [2.45, 2.75) is 19.1 Å². The zero-order valence-electron chi connectivity index (χ0n) is 9.78. The van der Waals surface area contributed by atoms with Crippen molar-refractivity contribution in [3.05, 3.63) is 35.1 Å². The molecule has 3 N–H and O–H groups in total. The summed E-state index contributed by atoms with van der Waals surface area (Å²) in [5, 5.41) is 0. The van der Waals surface area contributed by atoms with Gasteiger partial charge in [0.15, 0.2) is 0 Å². The third-order valence-electron chi connectivity index (χ3n) is 2.96. The second-order valence-electron chi connectivity index (χ2n) is 4.13. The van der Waals surface area contributed by atoms with Crippen molar-refractivity contribution >= 4 is 0 Å². The Morgan fingerprint density at radius 3 is 2.88 bits per heavy atom. The molecule has 0 aromatic heterocycles. The molecule has 5 heteroatoms. The number of ether oxygens (including phenoxy) is 2. The number of hydrogen-bond acceptors (Lipinski definition) is 4. The fourth-order valence-corrected chi connectivity index (χ4v) is 2.08. The summed E-state index contributed by atoms with van der Waals surface area (Å²) in [6.07, 6.45) is -0.141. The number of nitrogens with two attached hydrogens (primary N) is 1. The van der Waals surface area contributed by atoms with Crippen LogP contribution in [0.4, 0.5) is 4.39 Å². The topological polar surface area (TPSA) is 56.5 Å². The third-order valence-corrected chi connectivity index (χ3v) is 2.96. The zero-order valence-corrected chi connectivity index (χ0v) is 9.78. The predicted octanol–water partition coefficient (Wildman–Crippen LogP) is 1.05. The number of hydrogen-bond donors (Lipinski definition) is 2. The number of aryl methyl sites for hydroxylation is 1. The molecule has 1 heterocycles. The summed E-state index contributed by atoms with van der Waals surface area (Å²) in [7, 11) is 0. The number of hydrazine groups is 1. The standard InChI is InChI=1S/C12H17FN2O2/c1-8-6-9(13)2-3-10(8)12(15-14)11-7-16-4-5-17-11/h2-3,6,11-12,15H,4-5,7,14H2,1H3. The lowest BCUT2D eigenvalue weighted by Gasteiger charge is -2.31. The van der Waals surface area contributed by atoms with Crippen molar-refractivity contribution in [3.8, 4) is 0 Å². The Bertz CT molecular complexity index is 381. The summed E-state index contributed by atoms with van der Waals surface area (Å²) in [5.74, 6) is 5.32. The zero-order chi connectivity index (χ0) is 12.3. The molecule has 0 spiro atoms. The van der Waals surface area contributed by atoms with E-state index in [0.29, 0.717) is 19.8 Å². The van der Waals surface area contributed by atoms with Crippen LogP contribution in [0.5, 0.6) is 0 Å². The van der Waals surface area contributed by atoms with Gasteiger partial charge in [-0.25, -0.2) is 4.39 Å². The van der Waals surface area contributed by atoms with E-state index in [1.54, 1.807) is 6.07 Å². The van der Waals surface area contributed by atoms with E-state index in [-0.39, 0.29) is 18.0 Å². The van der Waals surface area contributed by atoms with Crippen molar-refractivity contribution in [2.75, 3.05) is 19.8 Å². The molecule has 1 aliphatic heterocycles. The van der Waals surface area contributed by atoms with Crippen LogP contribution in [-0.2, 0) is 9.47 Å². The molecule has 1 aromatic rings. The van der Waals surface area contributed by atoms with E-state index in [4.69, 9.17) is 15.3 Å². The summed E-state index contributed by atoms with van der Waals surface area (Å²) in [6.45, 7) is 3.51. The Labute approximate surface area is 99.9 Å². The van der Waals surface area contributed by atoms with Crippen LogP contribution in [0.15, 0.2) is 18.2 Å². The van der Waals surface area contributed by atoms with Crippen LogP contribution >= 0.6 is 0 Å². The lowest BCUT2D eigenvalue weighted by Crippen LogP contribution is -2.43. The molecular weight excluding hydrogens is 223 g/mol. The predicted molar refractivity (Wildman–Crippen MR) is 61.8 cm³/mol. The molecule has 1 aliphatic rings. The number of benzene rings is 1. The Morgan fingerprint density at radius 1 is 1.47 bits per heavy atom. The molecule has 0 aliphatic carbocycles. The molecule has 1 aromatic carbocycles. The molecule has 94 valence electrons. The van der Waals surface area contributed by atoms with E-state index >= 15 is 0 Å². The molecule has 17 heavy (non-hydrogen) atoms. The van der Waals surface area contributed by atoms with Crippen molar-refractivity contribution in [1.82, 2.24) is 5.43 Å². The van der Waals surface area contributed by atoms with Gasteiger partial charge in [0.1, 0.15) is 11.9 Å². The van der Waals surface area contributed by atoms with Crippen LogP contribution in [0.1, 0.15) is 17.2 Å². The van der Waals surface area contributed by atoms with Crippen LogP contribution in [-0.4, -0.2) is 25.9 Å². The summed E-state index contributed by atoms with van der Waals surface area (Å²) >= 11 is 0. The molecular formula is C12H17FN2O2. The largest absolute Gasteiger partial charge is 0.376 e. The summed E-state index contributed by atoms with van der Waals surface area (Å²) in [5.41, 5.74) is 4.50. The molecule has 0 saturated carbocycles. The maximum Gasteiger partial charge on any atom is 0.123 e. The molecule has 1 fully saturated rings. The summed E-state index contributed by atoms with van der Waals surface area (Å²) in [4.78, 5) is 0. The summed E-state index contributed by atoms with van der Waals surface area (Å²) < 4.78 is 24.0. The maximum atomic E-state index is 13.0. The van der Waals surface area contributed by atoms with Gasteiger partial charge in [0.2, 0.25) is 0 Å². The smallest absolute Gasteiger partial charge is 0.123 e. The van der Waals surface area contributed by atoms with E-state index in [0.717, 1.165) is 11.1 Å². The minimum atomic E-state index is -0.247. The lowest BCUT2D eigenvalue weighted by molar-refractivity contribution is -0.102. The summed E-state index contributed by atoms with van der Waals surface area (Å²) in [6, 6.07) is 4.46. The van der Waals surface area contributed by atoms with Crippen LogP contribution in [0, 0.1) is 12.7 Å². The highest BCUT2D eigenvalue weighted by molar-refractivity contribution is 5.30. The Balaban J connectivity index is 2.21. The normalized spacial score (nSPS) is 22.4.